The van der Waals surface area contributed by atoms with E-state index in [1.54, 1.807) is 32.9 Å². The lowest BCUT2D eigenvalue weighted by Crippen LogP contribution is -2.58. The first-order valence-corrected chi connectivity index (χ1v) is 22.9. The van der Waals surface area contributed by atoms with Crippen LogP contribution in [0.3, 0.4) is 0 Å². The third-order valence-electron chi connectivity index (χ3n) is 11.2. The van der Waals surface area contributed by atoms with Gasteiger partial charge >= 0.3 is 22.4 Å². The van der Waals surface area contributed by atoms with Gasteiger partial charge in [-0.2, -0.15) is 17.7 Å². The molecule has 5 atom stereocenters. The highest BCUT2D eigenvalue weighted by Gasteiger charge is 2.62. The predicted molar refractivity (Wildman–Crippen MR) is 235 cm³/mol. The van der Waals surface area contributed by atoms with E-state index in [1.165, 1.54) is 19.0 Å². The molecule has 0 spiro atoms. The molecule has 1 aliphatic carbocycles. The Labute approximate surface area is 368 Å². The number of hydrogen-bond donors (Lipinski definition) is 4. The van der Waals surface area contributed by atoms with E-state index >= 15 is 0 Å². The molecule has 0 bridgehead atoms. The van der Waals surface area contributed by atoms with Crippen molar-refractivity contribution in [2.24, 2.45) is 5.92 Å². The van der Waals surface area contributed by atoms with Crippen LogP contribution in [-0.2, 0) is 40.5 Å². The summed E-state index contributed by atoms with van der Waals surface area (Å²) in [6, 6.07) is 12.7. The van der Waals surface area contributed by atoms with Gasteiger partial charge in [-0.15, -0.1) is 0 Å². The van der Waals surface area contributed by atoms with Crippen LogP contribution in [0.25, 0.3) is 11.0 Å². The molecule has 3 heterocycles. The number of aromatic nitrogens is 2. The van der Waals surface area contributed by atoms with Gasteiger partial charge in [-0.3, -0.25) is 24.3 Å². The minimum atomic E-state index is -4.21. The number of para-hydroxylation sites is 1. The van der Waals surface area contributed by atoms with Crippen molar-refractivity contribution in [2.45, 2.75) is 121 Å². The van der Waals surface area contributed by atoms with Crippen molar-refractivity contribution in [3.8, 4) is 6.01 Å². The maximum atomic E-state index is 14.7. The molecular weight excluding hydrogens is 833 g/mol. The number of nitrogens with one attached hydrogen (secondary N) is 4. The average molecular weight is 893 g/mol. The summed E-state index contributed by atoms with van der Waals surface area (Å²) < 4.78 is 48.0. The molecular formula is C44H60N8O10S. The number of rotatable bonds is 11. The predicted octanol–water partition coefficient (Wildman–Crippen LogP) is 4.97. The van der Waals surface area contributed by atoms with Crippen LogP contribution in [0.1, 0.15) is 91.2 Å². The Balaban J connectivity index is 1.29. The monoisotopic (exact) mass is 892 g/mol. The van der Waals surface area contributed by atoms with Crippen LogP contribution in [0.5, 0.6) is 6.01 Å². The van der Waals surface area contributed by atoms with E-state index in [1.807, 2.05) is 67.0 Å². The Hall–Kier alpha value is -5.69. The molecule has 19 heteroatoms. The van der Waals surface area contributed by atoms with Crippen molar-refractivity contribution >= 4 is 56.8 Å². The minimum Gasteiger partial charge on any atom is -0.459 e. The molecule has 1 saturated heterocycles. The number of hydrogen-bond acceptors (Lipinski definition) is 11. The first kappa shape index (κ1) is 46.8. The number of alkyl carbamates (subject to hydrolysis) is 1. The zero-order chi connectivity index (χ0) is 45.7. The average Bonchev–Trinajstić information content (AvgIpc) is 3.52. The van der Waals surface area contributed by atoms with Gasteiger partial charge in [-0.05, 0) is 78.0 Å². The lowest BCUT2D eigenvalue weighted by molar-refractivity contribution is -0.141. The largest absolute Gasteiger partial charge is 0.459 e. The Bertz CT molecular complexity index is 2310. The normalized spacial score (nSPS) is 23.7. The Morgan fingerprint density at radius 3 is 2.46 bits per heavy atom. The van der Waals surface area contributed by atoms with E-state index in [-0.39, 0.29) is 44.5 Å². The highest BCUT2D eigenvalue weighted by atomic mass is 32.2. The molecule has 0 radical (unpaired) electrons. The van der Waals surface area contributed by atoms with E-state index in [4.69, 9.17) is 19.2 Å². The Morgan fingerprint density at radius 1 is 1.02 bits per heavy atom. The van der Waals surface area contributed by atoms with Crippen molar-refractivity contribution in [1.82, 2.24) is 34.1 Å². The number of imidazole rings is 1. The topological polar surface area (TPSA) is 220 Å². The van der Waals surface area contributed by atoms with Crippen LogP contribution < -0.4 is 25.4 Å². The number of benzene rings is 2. The van der Waals surface area contributed by atoms with E-state index < -0.39 is 75.4 Å². The van der Waals surface area contributed by atoms with E-state index in [0.29, 0.717) is 36.0 Å². The fourth-order valence-electron chi connectivity index (χ4n) is 7.89. The van der Waals surface area contributed by atoms with Crippen molar-refractivity contribution in [3.63, 3.8) is 0 Å². The summed E-state index contributed by atoms with van der Waals surface area (Å²) in [7, 11) is -1.65. The molecule has 1 aromatic heterocycles. The summed E-state index contributed by atoms with van der Waals surface area (Å²) in [5.74, 6) is -2.64. The van der Waals surface area contributed by atoms with Gasteiger partial charge in [-0.25, -0.2) is 14.3 Å². The highest BCUT2D eigenvalue weighted by molar-refractivity contribution is 7.87. The molecule has 3 aromatic rings. The number of allylic oxidation sites excluding steroid dienone is 1. The quantitative estimate of drug-likeness (QED) is 0.189. The third kappa shape index (κ3) is 11.5. The van der Waals surface area contributed by atoms with Crippen LogP contribution in [0.15, 0.2) is 60.7 Å². The first-order valence-electron chi connectivity index (χ1n) is 21.5. The number of nitrogens with zero attached hydrogens (tertiary/aromatic N) is 4. The van der Waals surface area contributed by atoms with Crippen LogP contribution >= 0.6 is 0 Å². The molecule has 5 amide bonds. The number of ether oxygens (including phenoxy) is 3. The lowest BCUT2D eigenvalue weighted by atomic mass is 10.0. The van der Waals surface area contributed by atoms with Gasteiger partial charge in [0.1, 0.15) is 34.8 Å². The van der Waals surface area contributed by atoms with E-state index in [2.05, 4.69) is 20.7 Å². The summed E-state index contributed by atoms with van der Waals surface area (Å²) in [4.78, 5) is 75.2. The van der Waals surface area contributed by atoms with Crippen molar-refractivity contribution in [3.05, 3.63) is 66.2 Å². The van der Waals surface area contributed by atoms with Crippen molar-refractivity contribution in [2.75, 3.05) is 32.6 Å². The third-order valence-corrected chi connectivity index (χ3v) is 12.6. The minimum absolute atomic E-state index is 0.0366. The first-order chi connectivity index (χ1) is 29.8. The fourth-order valence-corrected chi connectivity index (χ4v) is 8.49. The van der Waals surface area contributed by atoms with Gasteiger partial charge in [0.25, 0.3) is 11.9 Å². The van der Waals surface area contributed by atoms with E-state index in [0.717, 1.165) is 22.7 Å². The maximum Gasteiger partial charge on any atom is 0.411 e. The summed E-state index contributed by atoms with van der Waals surface area (Å²) in [5.41, 5.74) is 0.0530. The Kier molecular flexibility index (Phi) is 14.4. The lowest BCUT2D eigenvalue weighted by Gasteiger charge is -2.30. The zero-order valence-corrected chi connectivity index (χ0v) is 37.8. The zero-order valence-electron chi connectivity index (χ0n) is 37.0. The van der Waals surface area contributed by atoms with Crippen LogP contribution in [0.4, 0.5) is 15.3 Å². The van der Waals surface area contributed by atoms with Gasteiger partial charge in [-0.1, -0.05) is 61.4 Å². The van der Waals surface area contributed by atoms with Gasteiger partial charge in [0.15, 0.2) is 0 Å². The second kappa shape index (κ2) is 19.4. The molecule has 4 N–H and O–H groups in total. The number of anilines is 1. The fraction of sp³-hybridized carbons (Fsp3) is 0.545. The van der Waals surface area contributed by atoms with Gasteiger partial charge in [0.2, 0.25) is 11.8 Å². The van der Waals surface area contributed by atoms with Crippen LogP contribution in [-0.4, -0.2) is 114 Å². The molecule has 18 nitrogen and oxygen atoms in total. The molecule has 63 heavy (non-hydrogen) atoms. The highest BCUT2D eigenvalue weighted by Crippen LogP contribution is 2.46. The standard InChI is InChI=1S/C44H60N8O10S/c1-28(2)52-34-22-16-21-32(45-41(56)60-24-23-29-17-12-11-13-18-29)36(34)47-40(52)61-31-25-35-37(53)48-44(39(55)49-63(58,59)50(6)7)26-30(44)19-14-9-8-10-15-20-33(38(54)51(35)27-31)46-42(57)62-43(3,4)5/h11-14,16-19,21-22,28,30-31,33,35H,8-10,15,20,23-27H2,1-7H3,(H,45,56)(H,46,57)(H,48,53)(H,49,55)/b19-14-/t30-,31+,33-,35-,44+/m0/s1. The number of fused-ring (bicyclic) bond motifs is 3. The second-order valence-corrected chi connectivity index (χ2v) is 19.6. The summed E-state index contributed by atoms with van der Waals surface area (Å²) in [5, 5.41) is 8.38. The van der Waals surface area contributed by atoms with Crippen molar-refractivity contribution < 1.29 is 46.6 Å². The summed E-state index contributed by atoms with van der Waals surface area (Å²) in [6.07, 6.45) is 5.11. The molecule has 3 aliphatic rings. The van der Waals surface area contributed by atoms with E-state index in [9.17, 15) is 32.4 Å². The molecule has 2 aliphatic heterocycles. The van der Waals surface area contributed by atoms with Gasteiger partial charge in [0.05, 0.1) is 24.4 Å². The Morgan fingerprint density at radius 2 is 1.76 bits per heavy atom. The summed E-state index contributed by atoms with van der Waals surface area (Å²) in [6.45, 7) is 9.09. The number of carbonyl (C=O) groups excluding carboxylic acids is 5. The molecule has 342 valence electrons. The smallest absolute Gasteiger partial charge is 0.411 e. The second-order valence-electron chi connectivity index (χ2n) is 17.8. The van der Waals surface area contributed by atoms with Gasteiger partial charge in [0, 0.05) is 38.9 Å². The van der Waals surface area contributed by atoms with Crippen LogP contribution in [0, 0.1) is 5.92 Å². The molecule has 1 saturated carbocycles. The molecule has 6 rings (SSSR count). The molecule has 0 unspecified atom stereocenters. The summed E-state index contributed by atoms with van der Waals surface area (Å²) >= 11 is 0. The SMILES string of the molecule is CC(C)n1c(O[C@@H]2C[C@H]3C(=O)N[C@]4(C(=O)NS(=O)(=O)N(C)C)C[C@@H]4/C=C\CCCCC[C@H](NC(=O)OC(C)(C)C)C(=O)N3C2)nc2c(NC(=O)OCCc3ccccc3)cccc21. The molecule has 2 aromatic carbocycles. The van der Waals surface area contributed by atoms with Crippen LogP contribution in [0.2, 0.25) is 0 Å². The number of amides is 5. The maximum absolute atomic E-state index is 14.7. The molecule has 2 fully saturated rings. The van der Waals surface area contributed by atoms with Crippen molar-refractivity contribution in [1.29, 1.82) is 0 Å². The van der Waals surface area contributed by atoms with Gasteiger partial charge < -0.3 is 29.7 Å². The number of carbonyl (C=O) groups is 5.